The van der Waals surface area contributed by atoms with Gasteiger partial charge in [-0.05, 0) is 49.7 Å². The average Bonchev–Trinajstić information content (AvgIpc) is 2.74. The van der Waals surface area contributed by atoms with E-state index in [4.69, 9.17) is 9.88 Å². The second-order valence-corrected chi connectivity index (χ2v) is 10.3. The third kappa shape index (κ3) is 5.89. The number of urea groups is 1. The van der Waals surface area contributed by atoms with Crippen molar-refractivity contribution in [2.45, 2.75) is 23.6 Å². The molecule has 0 fully saturated rings. The lowest BCUT2D eigenvalue weighted by Gasteiger charge is -2.16. The van der Waals surface area contributed by atoms with Crippen LogP contribution in [-0.4, -0.2) is 29.5 Å². The maximum atomic E-state index is 12.6. The van der Waals surface area contributed by atoms with Gasteiger partial charge in [-0.25, -0.2) is 31.5 Å². The minimum Gasteiger partial charge on any atom is -0.494 e. The summed E-state index contributed by atoms with van der Waals surface area (Å²) < 4.78 is 56.7. The van der Waals surface area contributed by atoms with E-state index in [1.807, 2.05) is 11.6 Å². The van der Waals surface area contributed by atoms with E-state index in [9.17, 15) is 21.6 Å². The smallest absolute Gasteiger partial charge is 0.333 e. The fourth-order valence-electron chi connectivity index (χ4n) is 3.07. The predicted octanol–water partition coefficient (Wildman–Crippen LogP) is 3.22. The van der Waals surface area contributed by atoms with Gasteiger partial charge in [-0.3, -0.25) is 0 Å². The van der Waals surface area contributed by atoms with Crippen molar-refractivity contribution in [3.63, 3.8) is 0 Å². The van der Waals surface area contributed by atoms with Gasteiger partial charge in [0.1, 0.15) is 10.6 Å². The second-order valence-electron chi connectivity index (χ2n) is 7.05. The Balaban J connectivity index is 1.98. The van der Waals surface area contributed by atoms with Gasteiger partial charge in [-0.2, -0.15) is 0 Å². The molecule has 0 aliphatic carbocycles. The number of ether oxygens (including phenoxy) is 1. The number of aryl methyl sites for hydroxylation is 1. The van der Waals surface area contributed by atoms with Crippen LogP contribution < -0.4 is 19.9 Å². The average molecular weight is 490 g/mol. The van der Waals surface area contributed by atoms with Crippen LogP contribution in [0.5, 0.6) is 5.75 Å². The van der Waals surface area contributed by atoms with E-state index in [2.05, 4.69) is 5.32 Å². The summed E-state index contributed by atoms with van der Waals surface area (Å²) in [6.07, 6.45) is 0. The van der Waals surface area contributed by atoms with E-state index in [0.29, 0.717) is 23.5 Å². The molecule has 9 nitrogen and oxygen atoms in total. The van der Waals surface area contributed by atoms with Crippen LogP contribution in [0.2, 0.25) is 0 Å². The zero-order valence-electron chi connectivity index (χ0n) is 17.9. The van der Waals surface area contributed by atoms with Gasteiger partial charge >= 0.3 is 6.03 Å². The maximum Gasteiger partial charge on any atom is 0.333 e. The monoisotopic (exact) mass is 489 g/mol. The van der Waals surface area contributed by atoms with Crippen LogP contribution in [0.1, 0.15) is 12.5 Å². The van der Waals surface area contributed by atoms with Gasteiger partial charge in [0.05, 0.1) is 17.2 Å². The molecule has 0 radical (unpaired) electrons. The van der Waals surface area contributed by atoms with Gasteiger partial charge in [0.25, 0.3) is 10.0 Å². The van der Waals surface area contributed by atoms with Crippen molar-refractivity contribution in [1.82, 2.24) is 4.72 Å². The first-order valence-corrected chi connectivity index (χ1v) is 12.8. The summed E-state index contributed by atoms with van der Waals surface area (Å²) in [5, 5.41) is 7.68. The number of sulfonamides is 2. The van der Waals surface area contributed by atoms with E-state index in [1.165, 1.54) is 24.3 Å². The molecule has 4 N–H and O–H groups in total. The standard InChI is InChI=1S/C22H23N3O6S2/c1-3-31-17-11-9-16(10-12-17)19-5-4-6-20(32(23,27)28)21(19)24-22(26)25-33(29,30)18-13-7-15(2)8-14-18/h4-14H,3H2,1-2H3,(H2,23,27,28)(H2,24,25,26). The van der Waals surface area contributed by atoms with E-state index in [1.54, 1.807) is 49.4 Å². The van der Waals surface area contributed by atoms with Crippen molar-refractivity contribution >= 4 is 31.8 Å². The first-order valence-electron chi connectivity index (χ1n) is 9.81. The summed E-state index contributed by atoms with van der Waals surface area (Å²) in [5.74, 6) is 0.611. The van der Waals surface area contributed by atoms with Gasteiger partial charge < -0.3 is 10.1 Å². The van der Waals surface area contributed by atoms with Gasteiger partial charge in [0.15, 0.2) is 0 Å². The zero-order valence-corrected chi connectivity index (χ0v) is 19.5. The number of anilines is 1. The number of nitrogens with two attached hydrogens (primary N) is 1. The highest BCUT2D eigenvalue weighted by atomic mass is 32.2. The summed E-state index contributed by atoms with van der Waals surface area (Å²) in [5.41, 5.74) is 1.58. The molecule has 0 aliphatic heterocycles. The molecule has 3 aromatic carbocycles. The largest absolute Gasteiger partial charge is 0.494 e. The number of benzene rings is 3. The fraction of sp³-hybridized carbons (Fsp3) is 0.136. The molecule has 174 valence electrons. The van der Waals surface area contributed by atoms with Gasteiger partial charge in [-0.1, -0.05) is 42.0 Å². The topological polar surface area (TPSA) is 145 Å². The maximum absolute atomic E-state index is 12.6. The summed E-state index contributed by atoms with van der Waals surface area (Å²) in [4.78, 5) is 12.1. The Morgan fingerprint density at radius 2 is 1.58 bits per heavy atom. The number of primary sulfonamides is 1. The molecule has 0 spiro atoms. The van der Waals surface area contributed by atoms with Crippen LogP contribution in [0.4, 0.5) is 10.5 Å². The molecule has 0 atom stereocenters. The Morgan fingerprint density at radius 1 is 0.939 bits per heavy atom. The number of amides is 2. The molecule has 2 amide bonds. The molecule has 11 heteroatoms. The van der Waals surface area contributed by atoms with Crippen LogP contribution in [0.25, 0.3) is 11.1 Å². The molecule has 3 aromatic rings. The Hall–Kier alpha value is -3.41. The highest BCUT2D eigenvalue weighted by Gasteiger charge is 2.23. The quantitative estimate of drug-likeness (QED) is 0.465. The molecule has 0 unspecified atom stereocenters. The lowest BCUT2D eigenvalue weighted by atomic mass is 10.0. The molecule has 0 aliphatic rings. The van der Waals surface area contributed by atoms with Crippen LogP contribution in [0.3, 0.4) is 0 Å². The number of hydrogen-bond donors (Lipinski definition) is 3. The van der Waals surface area contributed by atoms with Gasteiger partial charge in [0, 0.05) is 5.56 Å². The third-order valence-corrected chi connectivity index (χ3v) is 6.91. The lowest BCUT2D eigenvalue weighted by molar-refractivity contribution is 0.256. The summed E-state index contributed by atoms with van der Waals surface area (Å²) in [6.45, 7) is 4.11. The molecule has 3 rings (SSSR count). The van der Waals surface area contributed by atoms with Crippen molar-refractivity contribution in [2.24, 2.45) is 5.14 Å². The minimum atomic E-state index is -4.24. The Kier molecular flexibility index (Phi) is 7.06. The number of carbonyl (C=O) groups excluding carboxylic acids is 1. The number of hydrogen-bond acceptors (Lipinski definition) is 6. The molecule has 33 heavy (non-hydrogen) atoms. The highest BCUT2D eigenvalue weighted by molar-refractivity contribution is 7.90. The van der Waals surface area contributed by atoms with Crippen LogP contribution in [0, 0.1) is 6.92 Å². The molecule has 0 bridgehead atoms. The van der Waals surface area contributed by atoms with E-state index in [0.717, 1.165) is 5.56 Å². The second kappa shape index (κ2) is 9.61. The van der Waals surface area contributed by atoms with Crippen molar-refractivity contribution < 1.29 is 26.4 Å². The summed E-state index contributed by atoms with van der Waals surface area (Å²) >= 11 is 0. The van der Waals surface area contributed by atoms with E-state index < -0.39 is 26.1 Å². The predicted molar refractivity (Wildman–Crippen MR) is 125 cm³/mol. The number of para-hydroxylation sites is 1. The van der Waals surface area contributed by atoms with Crippen molar-refractivity contribution in [2.75, 3.05) is 11.9 Å². The van der Waals surface area contributed by atoms with Gasteiger partial charge in [0.2, 0.25) is 10.0 Å². The van der Waals surface area contributed by atoms with Crippen molar-refractivity contribution in [3.05, 3.63) is 72.3 Å². The normalized spacial score (nSPS) is 11.6. The Morgan fingerprint density at radius 3 is 2.15 bits per heavy atom. The summed E-state index contributed by atoms with van der Waals surface area (Å²) in [6, 6.07) is 15.8. The number of nitrogens with one attached hydrogen (secondary N) is 2. The molecule has 0 aromatic heterocycles. The highest BCUT2D eigenvalue weighted by Crippen LogP contribution is 2.34. The van der Waals surface area contributed by atoms with E-state index in [-0.39, 0.29) is 15.5 Å². The van der Waals surface area contributed by atoms with Crippen molar-refractivity contribution in [3.8, 4) is 16.9 Å². The molecular weight excluding hydrogens is 466 g/mol. The van der Waals surface area contributed by atoms with Crippen molar-refractivity contribution in [1.29, 1.82) is 0 Å². The molecular formula is C22H23N3O6S2. The Bertz CT molecular complexity index is 1370. The van der Waals surface area contributed by atoms with E-state index >= 15 is 0 Å². The van der Waals surface area contributed by atoms with Crippen LogP contribution in [0.15, 0.2) is 76.5 Å². The molecule has 0 saturated carbocycles. The Labute approximate surface area is 192 Å². The minimum absolute atomic E-state index is 0.116. The van der Waals surface area contributed by atoms with Gasteiger partial charge in [-0.15, -0.1) is 0 Å². The zero-order chi connectivity index (χ0) is 24.2. The SMILES string of the molecule is CCOc1ccc(-c2cccc(S(N)(=O)=O)c2NC(=O)NS(=O)(=O)c2ccc(C)cc2)cc1. The summed E-state index contributed by atoms with van der Waals surface area (Å²) in [7, 11) is -8.44. The fourth-order valence-corrected chi connectivity index (χ4v) is 4.69. The first kappa shape index (κ1) is 24.2. The third-order valence-electron chi connectivity index (χ3n) is 4.61. The molecule has 0 saturated heterocycles. The first-order chi connectivity index (χ1) is 15.5. The van der Waals surface area contributed by atoms with Crippen LogP contribution in [-0.2, 0) is 20.0 Å². The van der Waals surface area contributed by atoms with Crippen LogP contribution >= 0.6 is 0 Å². The number of rotatable bonds is 7. The lowest BCUT2D eigenvalue weighted by Crippen LogP contribution is -2.35. The number of carbonyl (C=O) groups is 1. The molecule has 0 heterocycles.